The summed E-state index contributed by atoms with van der Waals surface area (Å²) in [6.07, 6.45) is 0. The van der Waals surface area contributed by atoms with Crippen molar-refractivity contribution in [2.45, 2.75) is 51.7 Å². The number of halogens is 2. The van der Waals surface area contributed by atoms with Crippen LogP contribution in [0.4, 0.5) is 8.78 Å². The Hall–Kier alpha value is -1.47. The van der Waals surface area contributed by atoms with Crippen molar-refractivity contribution in [2.75, 3.05) is 6.61 Å². The molecule has 0 atom stereocenters. The van der Waals surface area contributed by atoms with E-state index in [0.29, 0.717) is 0 Å². The molecule has 1 aromatic rings. The van der Waals surface area contributed by atoms with E-state index >= 15 is 0 Å². The maximum atomic E-state index is 14.5. The SMILES string of the molecule is CCOC(=O)C(F)(F)c1ccccc1B1OC(C)(C)C(C)(C)O1. The highest BCUT2D eigenvalue weighted by Gasteiger charge is 2.54. The monoisotopic (exact) mass is 326 g/mol. The molecular formula is C16H21BF2O4. The number of rotatable bonds is 4. The van der Waals surface area contributed by atoms with Crippen LogP contribution in [0.1, 0.15) is 40.2 Å². The third-order valence-corrected chi connectivity index (χ3v) is 4.34. The Morgan fingerprint density at radius 1 is 1.17 bits per heavy atom. The third-order valence-electron chi connectivity index (χ3n) is 4.34. The fourth-order valence-electron chi connectivity index (χ4n) is 2.29. The molecule has 1 fully saturated rings. The van der Waals surface area contributed by atoms with Crippen LogP contribution in [0.5, 0.6) is 0 Å². The molecule has 4 nitrogen and oxygen atoms in total. The second-order valence-corrected chi connectivity index (χ2v) is 6.47. The van der Waals surface area contributed by atoms with Crippen molar-refractivity contribution in [2.24, 2.45) is 0 Å². The molecule has 2 rings (SSSR count). The van der Waals surface area contributed by atoms with E-state index in [9.17, 15) is 13.6 Å². The zero-order valence-corrected chi connectivity index (χ0v) is 14.0. The lowest BCUT2D eigenvalue weighted by Crippen LogP contribution is -2.42. The van der Waals surface area contributed by atoms with Crippen molar-refractivity contribution in [3.63, 3.8) is 0 Å². The quantitative estimate of drug-likeness (QED) is 0.630. The van der Waals surface area contributed by atoms with E-state index in [1.165, 1.54) is 25.1 Å². The second kappa shape index (κ2) is 5.87. The van der Waals surface area contributed by atoms with E-state index in [4.69, 9.17) is 9.31 Å². The fraction of sp³-hybridized carbons (Fsp3) is 0.562. The molecule has 0 aromatic heterocycles. The summed E-state index contributed by atoms with van der Waals surface area (Å²) in [5.74, 6) is -5.35. The molecule has 1 heterocycles. The Labute approximate surface area is 135 Å². The van der Waals surface area contributed by atoms with Gasteiger partial charge in [0, 0.05) is 5.56 Å². The number of carbonyl (C=O) groups is 1. The van der Waals surface area contributed by atoms with Crippen LogP contribution in [0, 0.1) is 0 Å². The highest BCUT2D eigenvalue weighted by atomic mass is 19.3. The minimum Gasteiger partial charge on any atom is -0.461 e. The van der Waals surface area contributed by atoms with Gasteiger partial charge in [-0.1, -0.05) is 24.3 Å². The Kier molecular flexibility index (Phi) is 4.56. The predicted molar refractivity (Wildman–Crippen MR) is 82.7 cm³/mol. The number of hydrogen-bond acceptors (Lipinski definition) is 4. The molecule has 1 aromatic carbocycles. The average molecular weight is 326 g/mol. The summed E-state index contributed by atoms with van der Waals surface area (Å²) in [6.45, 7) is 8.69. The van der Waals surface area contributed by atoms with Gasteiger partial charge >= 0.3 is 19.0 Å². The summed E-state index contributed by atoms with van der Waals surface area (Å²) in [6, 6.07) is 5.71. The van der Waals surface area contributed by atoms with Gasteiger partial charge in [0.15, 0.2) is 0 Å². The van der Waals surface area contributed by atoms with Crippen molar-refractivity contribution >= 4 is 18.6 Å². The summed E-state index contributed by atoms with van der Waals surface area (Å²) in [5.41, 5.74) is -1.66. The first-order valence-electron chi connectivity index (χ1n) is 7.53. The van der Waals surface area contributed by atoms with Crippen molar-refractivity contribution in [3.8, 4) is 0 Å². The molecule has 7 heteroatoms. The molecular weight excluding hydrogens is 305 g/mol. The molecule has 126 valence electrons. The lowest BCUT2D eigenvalue weighted by molar-refractivity contribution is -0.172. The van der Waals surface area contributed by atoms with Gasteiger partial charge in [-0.15, -0.1) is 0 Å². The van der Waals surface area contributed by atoms with Gasteiger partial charge in [0.1, 0.15) is 0 Å². The van der Waals surface area contributed by atoms with Crippen LogP contribution in [0.2, 0.25) is 0 Å². The Morgan fingerprint density at radius 2 is 1.70 bits per heavy atom. The zero-order chi connectivity index (χ0) is 17.5. The molecule has 23 heavy (non-hydrogen) atoms. The molecule has 0 radical (unpaired) electrons. The fourth-order valence-corrected chi connectivity index (χ4v) is 2.29. The van der Waals surface area contributed by atoms with Crippen LogP contribution in [0.25, 0.3) is 0 Å². The van der Waals surface area contributed by atoms with Crippen molar-refractivity contribution in [1.82, 2.24) is 0 Å². The summed E-state index contributed by atoms with van der Waals surface area (Å²) >= 11 is 0. The lowest BCUT2D eigenvalue weighted by Gasteiger charge is -2.32. The van der Waals surface area contributed by atoms with Crippen LogP contribution >= 0.6 is 0 Å². The third kappa shape index (κ3) is 3.12. The molecule has 0 saturated carbocycles. The van der Waals surface area contributed by atoms with Gasteiger partial charge in [0.25, 0.3) is 0 Å². The summed E-state index contributed by atoms with van der Waals surface area (Å²) in [5, 5.41) is 0. The Balaban J connectivity index is 2.42. The number of esters is 1. The largest absolute Gasteiger partial charge is 0.495 e. The van der Waals surface area contributed by atoms with Crippen LogP contribution < -0.4 is 5.46 Å². The number of ether oxygens (including phenoxy) is 1. The van der Waals surface area contributed by atoms with Crippen LogP contribution in [-0.4, -0.2) is 30.9 Å². The molecule has 0 unspecified atom stereocenters. The van der Waals surface area contributed by atoms with Crippen molar-refractivity contribution in [3.05, 3.63) is 29.8 Å². The molecule has 0 amide bonds. The topological polar surface area (TPSA) is 44.8 Å². The molecule has 0 N–H and O–H groups in total. The summed E-state index contributed by atoms with van der Waals surface area (Å²) in [7, 11) is -0.975. The van der Waals surface area contributed by atoms with Gasteiger partial charge < -0.3 is 14.0 Å². The second-order valence-electron chi connectivity index (χ2n) is 6.47. The molecule has 0 bridgehead atoms. The van der Waals surface area contributed by atoms with E-state index in [1.54, 1.807) is 6.07 Å². The molecule has 1 aliphatic rings. The van der Waals surface area contributed by atoms with Crippen molar-refractivity contribution in [1.29, 1.82) is 0 Å². The average Bonchev–Trinajstić information content (AvgIpc) is 2.67. The molecule has 1 saturated heterocycles. The minimum atomic E-state index is -3.77. The standard InChI is InChI=1S/C16H21BF2O4/c1-6-21-13(20)16(18,19)11-9-7-8-10-12(11)17-22-14(2,3)15(4,5)23-17/h7-10H,6H2,1-5H3. The van der Waals surface area contributed by atoms with Crippen LogP contribution in [-0.2, 0) is 24.8 Å². The first-order chi connectivity index (χ1) is 10.5. The Morgan fingerprint density at radius 3 is 2.22 bits per heavy atom. The van der Waals surface area contributed by atoms with E-state index in [0.717, 1.165) is 0 Å². The van der Waals surface area contributed by atoms with E-state index in [-0.39, 0.29) is 12.1 Å². The smallest absolute Gasteiger partial charge is 0.461 e. The van der Waals surface area contributed by atoms with E-state index in [2.05, 4.69) is 4.74 Å². The predicted octanol–water partition coefficient (Wildman–Crippen LogP) is 2.64. The number of benzene rings is 1. The normalized spacial score (nSPS) is 19.7. The maximum absolute atomic E-state index is 14.5. The molecule has 0 aliphatic carbocycles. The highest BCUT2D eigenvalue weighted by molar-refractivity contribution is 6.62. The zero-order valence-electron chi connectivity index (χ0n) is 14.0. The summed E-state index contributed by atoms with van der Waals surface area (Å²) < 4.78 is 45.0. The van der Waals surface area contributed by atoms with E-state index < -0.39 is 35.8 Å². The van der Waals surface area contributed by atoms with E-state index in [1.807, 2.05) is 27.7 Å². The minimum absolute atomic E-state index is 0.118. The van der Waals surface area contributed by atoms with Gasteiger partial charge in [0.2, 0.25) is 0 Å². The van der Waals surface area contributed by atoms with Gasteiger partial charge in [-0.2, -0.15) is 8.78 Å². The van der Waals surface area contributed by atoms with Gasteiger partial charge in [-0.3, -0.25) is 0 Å². The summed E-state index contributed by atoms with van der Waals surface area (Å²) in [4.78, 5) is 11.6. The highest BCUT2D eigenvalue weighted by Crippen LogP contribution is 2.38. The van der Waals surface area contributed by atoms with Crippen molar-refractivity contribution < 1.29 is 27.6 Å². The Bertz CT molecular complexity index is 585. The first kappa shape index (κ1) is 17.9. The van der Waals surface area contributed by atoms with Gasteiger partial charge in [0.05, 0.1) is 17.8 Å². The lowest BCUT2D eigenvalue weighted by atomic mass is 9.74. The van der Waals surface area contributed by atoms with Gasteiger partial charge in [-0.25, -0.2) is 4.79 Å². The molecule has 0 spiro atoms. The number of hydrogen-bond donors (Lipinski definition) is 0. The number of carbonyl (C=O) groups excluding carboxylic acids is 1. The number of alkyl halides is 2. The maximum Gasteiger partial charge on any atom is 0.495 e. The van der Waals surface area contributed by atoms with Gasteiger partial charge in [-0.05, 0) is 40.1 Å². The van der Waals surface area contributed by atoms with Crippen LogP contribution in [0.15, 0.2) is 24.3 Å². The van der Waals surface area contributed by atoms with Crippen LogP contribution in [0.3, 0.4) is 0 Å². The molecule has 1 aliphatic heterocycles. The first-order valence-corrected chi connectivity index (χ1v) is 7.53.